The highest BCUT2D eigenvalue weighted by Gasteiger charge is 2.13. The Bertz CT molecular complexity index is 998. The highest BCUT2D eigenvalue weighted by atomic mass is 32.1. The average molecular weight is 382 g/mol. The molecular weight excluding hydrogens is 360 g/mol. The van der Waals surface area contributed by atoms with Crippen molar-refractivity contribution in [3.8, 4) is 11.5 Å². The standard InChI is InChI=1S/C20H22N4O2S/c1-20(2,3)15-8-10-16(11-9-15)26-13-18-22-23-19(27)24(18)21-12-14-6-4-5-7-17(14)25/h4-12,25H,13H2,1-3H3,(H,23,27)/b21-12+. The molecule has 2 aromatic carbocycles. The van der Waals surface area contributed by atoms with Crippen LogP contribution >= 0.6 is 12.2 Å². The summed E-state index contributed by atoms with van der Waals surface area (Å²) in [5.74, 6) is 1.42. The van der Waals surface area contributed by atoms with Gasteiger partial charge in [-0.25, -0.2) is 5.10 Å². The molecule has 0 amide bonds. The van der Waals surface area contributed by atoms with E-state index in [1.165, 1.54) is 16.5 Å². The van der Waals surface area contributed by atoms with E-state index in [0.717, 1.165) is 5.75 Å². The number of phenols is 1. The first kappa shape index (κ1) is 18.8. The lowest BCUT2D eigenvalue weighted by molar-refractivity contribution is 0.290. The molecule has 0 bridgehead atoms. The number of nitrogens with zero attached hydrogens (tertiary/aromatic N) is 3. The van der Waals surface area contributed by atoms with Crippen molar-refractivity contribution in [3.05, 3.63) is 70.3 Å². The van der Waals surface area contributed by atoms with Crippen molar-refractivity contribution in [2.45, 2.75) is 32.8 Å². The number of rotatable bonds is 5. The molecule has 0 saturated carbocycles. The van der Waals surface area contributed by atoms with Crippen LogP contribution in [0.4, 0.5) is 0 Å². The molecule has 0 aliphatic carbocycles. The quantitative estimate of drug-likeness (QED) is 0.506. The molecule has 27 heavy (non-hydrogen) atoms. The number of phenolic OH excluding ortho intramolecular Hbond substituents is 1. The van der Waals surface area contributed by atoms with E-state index in [0.29, 0.717) is 16.2 Å². The van der Waals surface area contributed by atoms with Gasteiger partial charge < -0.3 is 9.84 Å². The Balaban J connectivity index is 1.73. The van der Waals surface area contributed by atoms with Crippen molar-refractivity contribution in [2.24, 2.45) is 5.10 Å². The van der Waals surface area contributed by atoms with Gasteiger partial charge in [-0.2, -0.15) is 14.9 Å². The number of aromatic amines is 1. The third kappa shape index (κ3) is 4.62. The van der Waals surface area contributed by atoms with Crippen molar-refractivity contribution >= 4 is 18.4 Å². The van der Waals surface area contributed by atoms with Crippen LogP contribution < -0.4 is 4.74 Å². The molecule has 0 spiro atoms. The van der Waals surface area contributed by atoms with Crippen LogP contribution in [0.25, 0.3) is 0 Å². The Morgan fingerprint density at radius 3 is 2.56 bits per heavy atom. The summed E-state index contributed by atoms with van der Waals surface area (Å²) >= 11 is 5.22. The second-order valence-corrected chi connectivity index (χ2v) is 7.51. The van der Waals surface area contributed by atoms with Crippen LogP contribution in [0.15, 0.2) is 53.6 Å². The molecule has 0 fully saturated rings. The molecule has 0 unspecified atom stereocenters. The molecular formula is C20H22N4O2S. The third-order valence-corrected chi connectivity index (χ3v) is 4.32. The van der Waals surface area contributed by atoms with Gasteiger partial charge in [0, 0.05) is 5.56 Å². The van der Waals surface area contributed by atoms with Gasteiger partial charge in [0.05, 0.1) is 6.21 Å². The van der Waals surface area contributed by atoms with Crippen molar-refractivity contribution in [2.75, 3.05) is 0 Å². The Kier molecular flexibility index (Phi) is 5.41. The van der Waals surface area contributed by atoms with Crippen molar-refractivity contribution < 1.29 is 9.84 Å². The monoisotopic (exact) mass is 382 g/mol. The van der Waals surface area contributed by atoms with Gasteiger partial charge in [0.2, 0.25) is 4.77 Å². The first-order valence-corrected chi connectivity index (χ1v) is 8.97. The molecule has 7 heteroatoms. The summed E-state index contributed by atoms with van der Waals surface area (Å²) in [6, 6.07) is 14.9. The molecule has 2 N–H and O–H groups in total. The van der Waals surface area contributed by atoms with E-state index in [2.05, 4.69) is 48.2 Å². The lowest BCUT2D eigenvalue weighted by atomic mass is 9.87. The maximum Gasteiger partial charge on any atom is 0.216 e. The molecule has 0 atom stereocenters. The SMILES string of the molecule is CC(C)(C)c1ccc(OCc2n[nH]c(=S)n2/N=C/c2ccccc2O)cc1. The summed E-state index contributed by atoms with van der Waals surface area (Å²) in [7, 11) is 0. The molecule has 3 rings (SSSR count). The predicted molar refractivity (Wildman–Crippen MR) is 108 cm³/mol. The Morgan fingerprint density at radius 1 is 1.19 bits per heavy atom. The fourth-order valence-corrected chi connectivity index (χ4v) is 2.65. The van der Waals surface area contributed by atoms with Gasteiger partial charge in [0.1, 0.15) is 18.1 Å². The summed E-state index contributed by atoms with van der Waals surface area (Å²) in [5.41, 5.74) is 1.92. The summed E-state index contributed by atoms with van der Waals surface area (Å²) in [5, 5.41) is 21.0. The number of para-hydroxylation sites is 1. The van der Waals surface area contributed by atoms with Gasteiger partial charge in [-0.3, -0.25) is 0 Å². The normalized spacial score (nSPS) is 11.8. The van der Waals surface area contributed by atoms with E-state index in [4.69, 9.17) is 17.0 Å². The van der Waals surface area contributed by atoms with Gasteiger partial charge in [0.25, 0.3) is 0 Å². The Morgan fingerprint density at radius 2 is 1.89 bits per heavy atom. The number of benzene rings is 2. The van der Waals surface area contributed by atoms with Gasteiger partial charge in [-0.1, -0.05) is 45.0 Å². The topological polar surface area (TPSA) is 75.4 Å². The van der Waals surface area contributed by atoms with Crippen LogP contribution in [0.2, 0.25) is 0 Å². The summed E-state index contributed by atoms with van der Waals surface area (Å²) in [6.07, 6.45) is 1.53. The van der Waals surface area contributed by atoms with Crippen LogP contribution in [-0.4, -0.2) is 26.2 Å². The molecule has 0 saturated heterocycles. The first-order chi connectivity index (χ1) is 12.8. The second-order valence-electron chi connectivity index (χ2n) is 7.12. The zero-order valence-electron chi connectivity index (χ0n) is 15.5. The highest BCUT2D eigenvalue weighted by molar-refractivity contribution is 7.71. The lowest BCUT2D eigenvalue weighted by Crippen LogP contribution is -2.10. The zero-order valence-corrected chi connectivity index (χ0v) is 16.3. The predicted octanol–water partition coefficient (Wildman–Crippen LogP) is 4.40. The van der Waals surface area contributed by atoms with Gasteiger partial charge in [-0.15, -0.1) is 0 Å². The van der Waals surface area contributed by atoms with Crippen LogP contribution in [0, 0.1) is 4.77 Å². The number of hydrogen-bond donors (Lipinski definition) is 2. The summed E-state index contributed by atoms with van der Waals surface area (Å²) in [6.45, 7) is 6.72. The minimum atomic E-state index is 0.0959. The Labute approximate surface area is 163 Å². The van der Waals surface area contributed by atoms with Crippen LogP contribution in [0.3, 0.4) is 0 Å². The summed E-state index contributed by atoms with van der Waals surface area (Å²) in [4.78, 5) is 0. The largest absolute Gasteiger partial charge is 0.507 e. The third-order valence-electron chi connectivity index (χ3n) is 4.05. The number of nitrogens with one attached hydrogen (secondary N) is 1. The zero-order chi connectivity index (χ0) is 19.4. The van der Waals surface area contributed by atoms with E-state index in [1.807, 2.05) is 18.2 Å². The van der Waals surface area contributed by atoms with Gasteiger partial charge in [-0.05, 0) is 47.5 Å². The molecule has 6 nitrogen and oxygen atoms in total. The molecule has 0 aliphatic heterocycles. The fourth-order valence-electron chi connectivity index (χ4n) is 2.45. The first-order valence-electron chi connectivity index (χ1n) is 8.56. The molecule has 140 valence electrons. The molecule has 3 aromatic rings. The van der Waals surface area contributed by atoms with Crippen LogP contribution in [0.5, 0.6) is 11.5 Å². The van der Waals surface area contributed by atoms with Gasteiger partial charge in [0.15, 0.2) is 5.82 Å². The minimum Gasteiger partial charge on any atom is -0.507 e. The number of aromatic nitrogens is 3. The maximum atomic E-state index is 9.83. The van der Waals surface area contributed by atoms with Crippen molar-refractivity contribution in [1.29, 1.82) is 0 Å². The number of ether oxygens (including phenoxy) is 1. The highest BCUT2D eigenvalue weighted by Crippen LogP contribution is 2.24. The number of hydrogen-bond acceptors (Lipinski definition) is 5. The molecule has 1 aromatic heterocycles. The maximum absolute atomic E-state index is 9.83. The minimum absolute atomic E-state index is 0.0959. The smallest absolute Gasteiger partial charge is 0.216 e. The Hall–Kier alpha value is -2.93. The van der Waals surface area contributed by atoms with E-state index < -0.39 is 0 Å². The second kappa shape index (κ2) is 7.75. The molecule has 0 aliphatic rings. The molecule has 1 heterocycles. The fraction of sp³-hybridized carbons (Fsp3) is 0.250. The number of H-pyrrole nitrogens is 1. The van der Waals surface area contributed by atoms with Crippen LogP contribution in [-0.2, 0) is 12.0 Å². The van der Waals surface area contributed by atoms with Crippen LogP contribution in [0.1, 0.15) is 37.7 Å². The van der Waals surface area contributed by atoms with Gasteiger partial charge >= 0.3 is 0 Å². The average Bonchev–Trinajstić information content (AvgIpc) is 2.99. The van der Waals surface area contributed by atoms with Crippen molar-refractivity contribution in [1.82, 2.24) is 14.9 Å². The van der Waals surface area contributed by atoms with Crippen molar-refractivity contribution in [3.63, 3.8) is 0 Å². The van der Waals surface area contributed by atoms with E-state index >= 15 is 0 Å². The lowest BCUT2D eigenvalue weighted by Gasteiger charge is -2.19. The van der Waals surface area contributed by atoms with E-state index in [9.17, 15) is 5.11 Å². The summed E-state index contributed by atoms with van der Waals surface area (Å²) < 4.78 is 7.64. The van der Waals surface area contributed by atoms with E-state index in [1.54, 1.807) is 18.2 Å². The van der Waals surface area contributed by atoms with E-state index in [-0.39, 0.29) is 17.8 Å². The number of aromatic hydroxyl groups is 1. The molecule has 0 radical (unpaired) electrons.